The second kappa shape index (κ2) is 6.86. The van der Waals surface area contributed by atoms with Gasteiger partial charge in [0, 0.05) is 12.7 Å². The van der Waals surface area contributed by atoms with E-state index in [2.05, 4.69) is 10.6 Å². The van der Waals surface area contributed by atoms with Gasteiger partial charge in [0.2, 0.25) is 11.8 Å². The Morgan fingerprint density at radius 2 is 1.83 bits per heavy atom. The van der Waals surface area contributed by atoms with E-state index in [1.807, 2.05) is 0 Å². The van der Waals surface area contributed by atoms with Crippen LogP contribution in [0.4, 0.5) is 14.9 Å². The first-order chi connectivity index (χ1) is 10.9. The van der Waals surface area contributed by atoms with E-state index in [1.54, 1.807) is 0 Å². The van der Waals surface area contributed by atoms with Crippen molar-refractivity contribution in [3.8, 4) is 0 Å². The number of hydrogen-bond donors (Lipinski definition) is 2. The SMILES string of the molecule is CN1CC(=O)N(CC(=O)NCC(=O)Nc2ccc(F)cc2)C1=O. The maximum Gasteiger partial charge on any atom is 0.327 e. The van der Waals surface area contributed by atoms with Gasteiger partial charge in [0.15, 0.2) is 0 Å². The van der Waals surface area contributed by atoms with Crippen LogP contribution in [0.2, 0.25) is 0 Å². The molecule has 1 saturated heterocycles. The molecule has 0 unspecified atom stereocenters. The van der Waals surface area contributed by atoms with E-state index >= 15 is 0 Å². The highest BCUT2D eigenvalue weighted by Crippen LogP contribution is 2.08. The van der Waals surface area contributed by atoms with Gasteiger partial charge in [-0.3, -0.25) is 19.3 Å². The molecule has 0 aliphatic carbocycles. The molecule has 2 N–H and O–H groups in total. The molecule has 2 rings (SSSR count). The van der Waals surface area contributed by atoms with Crippen LogP contribution in [-0.4, -0.2) is 60.2 Å². The lowest BCUT2D eigenvalue weighted by molar-refractivity contribution is -0.131. The van der Waals surface area contributed by atoms with Crippen LogP contribution in [0, 0.1) is 5.82 Å². The van der Waals surface area contributed by atoms with Crippen molar-refractivity contribution in [3.05, 3.63) is 30.1 Å². The fourth-order valence-electron chi connectivity index (χ4n) is 1.94. The lowest BCUT2D eigenvalue weighted by Gasteiger charge is -2.13. The molecule has 1 heterocycles. The molecule has 122 valence electrons. The molecule has 1 aliphatic heterocycles. The summed E-state index contributed by atoms with van der Waals surface area (Å²) >= 11 is 0. The summed E-state index contributed by atoms with van der Waals surface area (Å²) in [5.41, 5.74) is 0.386. The number of nitrogens with zero attached hydrogens (tertiary/aromatic N) is 2. The van der Waals surface area contributed by atoms with Crippen molar-refractivity contribution in [2.75, 3.05) is 32.0 Å². The largest absolute Gasteiger partial charge is 0.345 e. The predicted molar refractivity (Wildman–Crippen MR) is 77.8 cm³/mol. The van der Waals surface area contributed by atoms with Crippen LogP contribution >= 0.6 is 0 Å². The number of benzene rings is 1. The number of likely N-dealkylation sites (N-methyl/N-ethyl adjacent to an activating group) is 1. The number of halogens is 1. The van der Waals surface area contributed by atoms with Crippen molar-refractivity contribution in [3.63, 3.8) is 0 Å². The number of hydrogen-bond acceptors (Lipinski definition) is 4. The fourth-order valence-corrected chi connectivity index (χ4v) is 1.94. The smallest absolute Gasteiger partial charge is 0.327 e. The van der Waals surface area contributed by atoms with Crippen molar-refractivity contribution < 1.29 is 23.6 Å². The maximum atomic E-state index is 12.7. The van der Waals surface area contributed by atoms with Crippen molar-refractivity contribution in [2.24, 2.45) is 0 Å². The molecule has 0 atom stereocenters. The van der Waals surface area contributed by atoms with Gasteiger partial charge in [-0.15, -0.1) is 0 Å². The normalized spacial score (nSPS) is 14.2. The monoisotopic (exact) mass is 322 g/mol. The van der Waals surface area contributed by atoms with Gasteiger partial charge in [-0.1, -0.05) is 0 Å². The lowest BCUT2D eigenvalue weighted by Crippen LogP contribution is -2.43. The van der Waals surface area contributed by atoms with Crippen LogP contribution < -0.4 is 10.6 Å². The number of carbonyl (C=O) groups excluding carboxylic acids is 4. The zero-order valence-electron chi connectivity index (χ0n) is 12.3. The van der Waals surface area contributed by atoms with Crippen molar-refractivity contribution in [1.29, 1.82) is 0 Å². The minimum absolute atomic E-state index is 0.0723. The standard InChI is InChI=1S/C14H15FN4O4/c1-18-8-13(22)19(14(18)23)7-12(21)16-6-11(20)17-10-4-2-9(15)3-5-10/h2-5H,6-8H2,1H3,(H,16,21)(H,17,20). The molecule has 0 radical (unpaired) electrons. The van der Waals surface area contributed by atoms with E-state index in [0.29, 0.717) is 5.69 Å². The molecule has 1 fully saturated rings. The highest BCUT2D eigenvalue weighted by atomic mass is 19.1. The summed E-state index contributed by atoms with van der Waals surface area (Å²) in [4.78, 5) is 48.5. The van der Waals surface area contributed by atoms with Crippen molar-refractivity contribution >= 4 is 29.4 Å². The first kappa shape index (κ1) is 16.4. The molecule has 0 aromatic heterocycles. The van der Waals surface area contributed by atoms with Crippen LogP contribution in [0.1, 0.15) is 0 Å². The van der Waals surface area contributed by atoms with Crippen LogP contribution in [0.5, 0.6) is 0 Å². The summed E-state index contributed by atoms with van der Waals surface area (Å²) in [5, 5.41) is 4.77. The van der Waals surface area contributed by atoms with E-state index < -0.39 is 36.1 Å². The Morgan fingerprint density at radius 3 is 2.39 bits per heavy atom. The number of carbonyl (C=O) groups is 4. The minimum Gasteiger partial charge on any atom is -0.345 e. The molecule has 9 heteroatoms. The van der Waals surface area contributed by atoms with Gasteiger partial charge in [-0.25, -0.2) is 9.18 Å². The molecular weight excluding hydrogens is 307 g/mol. The molecule has 0 saturated carbocycles. The van der Waals surface area contributed by atoms with Gasteiger partial charge in [0.1, 0.15) is 18.9 Å². The molecule has 23 heavy (non-hydrogen) atoms. The predicted octanol–water partition coefficient (Wildman–Crippen LogP) is -0.226. The summed E-state index contributed by atoms with van der Waals surface area (Å²) < 4.78 is 12.7. The van der Waals surface area contributed by atoms with Gasteiger partial charge < -0.3 is 15.5 Å². The van der Waals surface area contributed by atoms with Crippen LogP contribution in [-0.2, 0) is 14.4 Å². The van der Waals surface area contributed by atoms with Crippen LogP contribution in [0.25, 0.3) is 0 Å². The maximum absolute atomic E-state index is 12.7. The Bertz CT molecular complexity index is 647. The summed E-state index contributed by atoms with van der Waals surface area (Å²) in [6.07, 6.45) is 0. The van der Waals surface area contributed by atoms with Crippen LogP contribution in [0.3, 0.4) is 0 Å². The second-order valence-corrected chi connectivity index (χ2v) is 4.95. The molecule has 8 nitrogen and oxygen atoms in total. The third-order valence-electron chi connectivity index (χ3n) is 3.11. The van der Waals surface area contributed by atoms with Gasteiger partial charge in [0.05, 0.1) is 6.54 Å². The van der Waals surface area contributed by atoms with E-state index in [0.717, 1.165) is 4.90 Å². The molecule has 0 bridgehead atoms. The zero-order valence-corrected chi connectivity index (χ0v) is 12.3. The molecule has 1 aromatic rings. The van der Waals surface area contributed by atoms with E-state index in [-0.39, 0.29) is 13.1 Å². The summed E-state index contributed by atoms with van der Waals surface area (Å²) in [6, 6.07) is 4.59. The topological polar surface area (TPSA) is 98.8 Å². The first-order valence-electron chi connectivity index (χ1n) is 6.74. The van der Waals surface area contributed by atoms with Crippen molar-refractivity contribution in [1.82, 2.24) is 15.1 Å². The summed E-state index contributed by atoms with van der Waals surface area (Å²) in [5.74, 6) is -2.04. The van der Waals surface area contributed by atoms with Crippen molar-refractivity contribution in [2.45, 2.75) is 0 Å². The summed E-state index contributed by atoms with van der Waals surface area (Å²) in [7, 11) is 1.45. The molecule has 0 spiro atoms. The quantitative estimate of drug-likeness (QED) is 0.732. The van der Waals surface area contributed by atoms with Crippen LogP contribution in [0.15, 0.2) is 24.3 Å². The molecular formula is C14H15FN4O4. The van der Waals surface area contributed by atoms with E-state index in [1.165, 1.54) is 36.2 Å². The Kier molecular flexibility index (Phi) is 4.89. The Labute approximate surface area is 131 Å². The van der Waals surface area contributed by atoms with Gasteiger partial charge >= 0.3 is 6.03 Å². The number of rotatable bonds is 5. The summed E-state index contributed by atoms with van der Waals surface area (Å²) in [6.45, 7) is -0.842. The Hall–Kier alpha value is -2.97. The van der Waals surface area contributed by atoms with Gasteiger partial charge in [-0.05, 0) is 24.3 Å². The average molecular weight is 322 g/mol. The number of anilines is 1. The molecule has 5 amide bonds. The number of urea groups is 1. The number of nitrogens with one attached hydrogen (secondary N) is 2. The lowest BCUT2D eigenvalue weighted by atomic mass is 10.3. The second-order valence-electron chi connectivity index (χ2n) is 4.95. The number of amides is 5. The van der Waals surface area contributed by atoms with E-state index in [9.17, 15) is 23.6 Å². The highest BCUT2D eigenvalue weighted by molar-refractivity contribution is 6.04. The Balaban J connectivity index is 1.78. The Morgan fingerprint density at radius 1 is 1.17 bits per heavy atom. The average Bonchev–Trinajstić information content (AvgIpc) is 2.74. The fraction of sp³-hybridized carbons (Fsp3) is 0.286. The minimum atomic E-state index is -0.628. The van der Waals surface area contributed by atoms with E-state index in [4.69, 9.17) is 0 Å². The van der Waals surface area contributed by atoms with Gasteiger partial charge in [-0.2, -0.15) is 0 Å². The van der Waals surface area contributed by atoms with Gasteiger partial charge in [0.25, 0.3) is 5.91 Å². The third kappa shape index (κ3) is 4.25. The molecule has 1 aromatic carbocycles. The number of imide groups is 1. The molecule has 1 aliphatic rings. The highest BCUT2D eigenvalue weighted by Gasteiger charge is 2.34. The zero-order chi connectivity index (χ0) is 17.0. The third-order valence-corrected chi connectivity index (χ3v) is 3.11. The first-order valence-corrected chi connectivity index (χ1v) is 6.74.